The molecule has 0 aromatic carbocycles. The monoisotopic (exact) mass is 386 g/mol. The van der Waals surface area contributed by atoms with Crippen molar-refractivity contribution < 1.29 is 0 Å². The molecule has 2 aliphatic rings. The standard InChI is InChI=1S/C21H30N4OS/c1-21(2,3)18-10-19(26)25(14-22-18)11-15-6-8-24(9-7-15)12-17-13-27-20(23-17)16-4-5-16/h10,13-16H,4-9,11-12H2,1-3H3. The lowest BCUT2D eigenvalue weighted by Gasteiger charge is -2.31. The van der Waals surface area contributed by atoms with E-state index < -0.39 is 0 Å². The minimum Gasteiger partial charge on any atom is -0.299 e. The molecule has 0 amide bonds. The topological polar surface area (TPSA) is 51.0 Å². The largest absolute Gasteiger partial charge is 0.299 e. The van der Waals surface area contributed by atoms with E-state index in [9.17, 15) is 4.79 Å². The quantitative estimate of drug-likeness (QED) is 0.785. The molecule has 1 aliphatic carbocycles. The lowest BCUT2D eigenvalue weighted by molar-refractivity contribution is 0.165. The number of hydrogen-bond acceptors (Lipinski definition) is 5. The predicted molar refractivity (Wildman–Crippen MR) is 109 cm³/mol. The highest BCUT2D eigenvalue weighted by Crippen LogP contribution is 2.41. The summed E-state index contributed by atoms with van der Waals surface area (Å²) in [5.74, 6) is 1.31. The van der Waals surface area contributed by atoms with Gasteiger partial charge >= 0.3 is 0 Å². The summed E-state index contributed by atoms with van der Waals surface area (Å²) in [4.78, 5) is 24.3. The minimum absolute atomic E-state index is 0.0763. The van der Waals surface area contributed by atoms with E-state index in [1.54, 1.807) is 17.0 Å². The average Bonchev–Trinajstić information content (AvgIpc) is 3.37. The number of piperidine rings is 1. The van der Waals surface area contributed by atoms with Crippen LogP contribution in [0.2, 0.25) is 0 Å². The van der Waals surface area contributed by atoms with Crippen molar-refractivity contribution in [3.8, 4) is 0 Å². The molecule has 5 nitrogen and oxygen atoms in total. The smallest absolute Gasteiger partial charge is 0.253 e. The van der Waals surface area contributed by atoms with Crippen LogP contribution in [-0.2, 0) is 18.5 Å². The van der Waals surface area contributed by atoms with Crippen molar-refractivity contribution in [2.45, 2.75) is 70.9 Å². The van der Waals surface area contributed by atoms with Gasteiger partial charge in [-0.15, -0.1) is 11.3 Å². The molecule has 2 aromatic rings. The third kappa shape index (κ3) is 4.66. The van der Waals surface area contributed by atoms with E-state index in [0.717, 1.165) is 50.6 Å². The van der Waals surface area contributed by atoms with Crippen molar-refractivity contribution in [3.63, 3.8) is 0 Å². The Morgan fingerprint density at radius 1 is 1.19 bits per heavy atom. The highest BCUT2D eigenvalue weighted by atomic mass is 32.1. The van der Waals surface area contributed by atoms with Crippen LogP contribution in [-0.4, -0.2) is 32.5 Å². The van der Waals surface area contributed by atoms with Crippen LogP contribution < -0.4 is 5.56 Å². The van der Waals surface area contributed by atoms with Crippen molar-refractivity contribution >= 4 is 11.3 Å². The second-order valence-corrected chi connectivity index (χ2v) is 10.1. The van der Waals surface area contributed by atoms with Crippen molar-refractivity contribution in [1.29, 1.82) is 0 Å². The molecule has 4 rings (SSSR count). The molecule has 0 unspecified atom stereocenters. The number of hydrogen-bond donors (Lipinski definition) is 0. The second kappa shape index (κ2) is 7.47. The molecule has 0 bridgehead atoms. The van der Waals surface area contributed by atoms with E-state index in [1.807, 2.05) is 11.3 Å². The van der Waals surface area contributed by atoms with Gasteiger partial charge in [0, 0.05) is 35.9 Å². The van der Waals surface area contributed by atoms with Gasteiger partial charge in [0.15, 0.2) is 0 Å². The molecule has 2 aromatic heterocycles. The maximum Gasteiger partial charge on any atom is 0.253 e. The van der Waals surface area contributed by atoms with E-state index in [1.165, 1.54) is 23.5 Å². The van der Waals surface area contributed by atoms with Crippen LogP contribution in [0.3, 0.4) is 0 Å². The van der Waals surface area contributed by atoms with Gasteiger partial charge in [-0.25, -0.2) is 9.97 Å². The zero-order valence-electron chi connectivity index (χ0n) is 16.6. The maximum absolute atomic E-state index is 12.4. The molecule has 6 heteroatoms. The zero-order chi connectivity index (χ0) is 19.0. The number of nitrogens with zero attached hydrogens (tertiary/aromatic N) is 4. The first-order valence-electron chi connectivity index (χ1n) is 10.1. The molecule has 2 fully saturated rings. The van der Waals surface area contributed by atoms with Gasteiger partial charge in [-0.05, 0) is 44.7 Å². The van der Waals surface area contributed by atoms with Crippen molar-refractivity contribution in [1.82, 2.24) is 19.4 Å². The van der Waals surface area contributed by atoms with Crippen LogP contribution >= 0.6 is 11.3 Å². The molecule has 1 saturated carbocycles. The number of rotatable bonds is 5. The van der Waals surface area contributed by atoms with E-state index in [0.29, 0.717) is 5.92 Å². The van der Waals surface area contributed by atoms with Gasteiger partial charge in [0.05, 0.1) is 22.7 Å². The third-order valence-corrected chi connectivity index (χ3v) is 6.75. The third-order valence-electron chi connectivity index (χ3n) is 5.69. The molecule has 0 N–H and O–H groups in total. The summed E-state index contributed by atoms with van der Waals surface area (Å²) < 4.78 is 1.79. The average molecular weight is 387 g/mol. The summed E-state index contributed by atoms with van der Waals surface area (Å²) in [6.45, 7) is 10.2. The van der Waals surface area contributed by atoms with Gasteiger partial charge in [0.25, 0.3) is 5.56 Å². The number of thiazole rings is 1. The fraction of sp³-hybridized carbons (Fsp3) is 0.667. The van der Waals surface area contributed by atoms with E-state index in [-0.39, 0.29) is 11.0 Å². The van der Waals surface area contributed by atoms with E-state index in [2.05, 4.69) is 36.0 Å². The molecule has 0 spiro atoms. The van der Waals surface area contributed by atoms with Gasteiger partial charge in [-0.1, -0.05) is 20.8 Å². The highest BCUT2D eigenvalue weighted by molar-refractivity contribution is 7.09. The van der Waals surface area contributed by atoms with Crippen LogP contribution in [0.1, 0.15) is 68.8 Å². The summed E-state index contributed by atoms with van der Waals surface area (Å²) in [5.41, 5.74) is 2.09. The van der Waals surface area contributed by atoms with Crippen molar-refractivity contribution in [2.75, 3.05) is 13.1 Å². The molecule has 0 atom stereocenters. The number of likely N-dealkylation sites (tertiary alicyclic amines) is 1. The summed E-state index contributed by atoms with van der Waals surface area (Å²) in [7, 11) is 0. The Hall–Kier alpha value is -1.53. The van der Waals surface area contributed by atoms with Gasteiger partial charge < -0.3 is 0 Å². The first-order chi connectivity index (χ1) is 12.9. The van der Waals surface area contributed by atoms with Crippen LogP contribution in [0.25, 0.3) is 0 Å². The van der Waals surface area contributed by atoms with Crippen LogP contribution in [0.5, 0.6) is 0 Å². The van der Waals surface area contributed by atoms with Crippen LogP contribution in [0.15, 0.2) is 22.6 Å². The van der Waals surface area contributed by atoms with E-state index in [4.69, 9.17) is 4.98 Å². The van der Waals surface area contributed by atoms with Crippen LogP contribution in [0, 0.1) is 5.92 Å². The maximum atomic E-state index is 12.4. The van der Waals surface area contributed by atoms with Crippen LogP contribution in [0.4, 0.5) is 0 Å². The molecular weight excluding hydrogens is 356 g/mol. The Morgan fingerprint density at radius 2 is 1.93 bits per heavy atom. The summed E-state index contributed by atoms with van der Waals surface area (Å²) >= 11 is 1.83. The Morgan fingerprint density at radius 3 is 2.56 bits per heavy atom. The molecule has 1 saturated heterocycles. The van der Waals surface area contributed by atoms with Gasteiger partial charge in [0.2, 0.25) is 0 Å². The Kier molecular flexibility index (Phi) is 5.21. The fourth-order valence-electron chi connectivity index (χ4n) is 3.72. The molecule has 27 heavy (non-hydrogen) atoms. The first-order valence-corrected chi connectivity index (χ1v) is 11.0. The van der Waals surface area contributed by atoms with E-state index >= 15 is 0 Å². The molecule has 3 heterocycles. The lowest BCUT2D eigenvalue weighted by Crippen LogP contribution is -2.36. The molecule has 0 radical (unpaired) electrons. The lowest BCUT2D eigenvalue weighted by atomic mass is 9.92. The van der Waals surface area contributed by atoms with Crippen molar-refractivity contribution in [3.05, 3.63) is 44.5 Å². The molecule has 1 aliphatic heterocycles. The Balaban J connectivity index is 1.29. The number of aromatic nitrogens is 3. The Labute approximate surface area is 165 Å². The fourth-order valence-corrected chi connectivity index (χ4v) is 4.70. The van der Waals surface area contributed by atoms with Gasteiger partial charge in [-0.2, -0.15) is 0 Å². The van der Waals surface area contributed by atoms with Crippen molar-refractivity contribution in [2.24, 2.45) is 5.92 Å². The molecule has 146 valence electrons. The SMILES string of the molecule is CC(C)(C)c1cc(=O)n(CC2CCN(Cc3csc(C4CC4)n3)CC2)cn1. The Bertz CT molecular complexity index is 838. The first kappa shape index (κ1) is 18.8. The van der Waals surface area contributed by atoms with Gasteiger partial charge in [-0.3, -0.25) is 14.3 Å². The minimum atomic E-state index is -0.0847. The zero-order valence-corrected chi connectivity index (χ0v) is 17.5. The normalized spacial score (nSPS) is 19.5. The highest BCUT2D eigenvalue weighted by Gasteiger charge is 2.27. The summed E-state index contributed by atoms with van der Waals surface area (Å²) in [6.07, 6.45) is 6.65. The second-order valence-electron chi connectivity index (χ2n) is 9.19. The predicted octanol–water partition coefficient (Wildman–Crippen LogP) is 3.79. The molecular formula is C21H30N4OS. The van der Waals surface area contributed by atoms with Gasteiger partial charge in [0.1, 0.15) is 0 Å². The summed E-state index contributed by atoms with van der Waals surface area (Å²) in [6, 6.07) is 1.70. The summed E-state index contributed by atoms with van der Waals surface area (Å²) in [5, 5.41) is 3.58.